The van der Waals surface area contributed by atoms with Gasteiger partial charge in [-0.25, -0.2) is 4.79 Å². The molecule has 7 nitrogen and oxygen atoms in total. The molecule has 7 heteroatoms. The molecule has 1 aliphatic heterocycles. The van der Waals surface area contributed by atoms with Crippen LogP contribution in [-0.4, -0.2) is 47.0 Å². The number of amides is 3. The molecule has 2 rings (SSSR count). The smallest absolute Gasteiger partial charge is 0.410 e. The van der Waals surface area contributed by atoms with Crippen LogP contribution >= 0.6 is 0 Å². The monoisotopic (exact) mass is 373 g/mol. The normalized spacial score (nSPS) is 15.3. The molecule has 1 saturated heterocycles. The number of benzene rings is 1. The number of hydrogen-bond donors (Lipinski definition) is 2. The summed E-state index contributed by atoms with van der Waals surface area (Å²) >= 11 is 0. The summed E-state index contributed by atoms with van der Waals surface area (Å²) in [5.74, 6) is -0.452. The van der Waals surface area contributed by atoms with E-state index >= 15 is 0 Å². The van der Waals surface area contributed by atoms with Crippen LogP contribution in [-0.2, 0) is 16.1 Å². The molecule has 0 radical (unpaired) electrons. The largest absolute Gasteiger partial charge is 0.444 e. The Morgan fingerprint density at radius 3 is 2.33 bits per heavy atom. The van der Waals surface area contributed by atoms with Crippen LogP contribution in [0.15, 0.2) is 36.9 Å². The van der Waals surface area contributed by atoms with E-state index in [0.717, 1.165) is 5.56 Å². The van der Waals surface area contributed by atoms with E-state index in [4.69, 9.17) is 4.74 Å². The van der Waals surface area contributed by atoms with Gasteiger partial charge < -0.3 is 20.3 Å². The molecule has 146 valence electrons. The Morgan fingerprint density at radius 1 is 1.22 bits per heavy atom. The van der Waals surface area contributed by atoms with E-state index in [2.05, 4.69) is 17.2 Å². The van der Waals surface area contributed by atoms with Crippen LogP contribution in [0.25, 0.3) is 0 Å². The lowest BCUT2D eigenvalue weighted by Gasteiger charge is -2.48. The first-order valence-electron chi connectivity index (χ1n) is 8.81. The topological polar surface area (TPSA) is 87.7 Å². The maximum atomic E-state index is 12.5. The van der Waals surface area contributed by atoms with Crippen LogP contribution < -0.4 is 10.6 Å². The summed E-state index contributed by atoms with van der Waals surface area (Å²) in [6.07, 6.45) is 0.835. The molecule has 1 aromatic rings. The van der Waals surface area contributed by atoms with E-state index in [1.54, 1.807) is 29.2 Å². The minimum absolute atomic E-state index is 0.206. The van der Waals surface area contributed by atoms with Crippen LogP contribution in [0.4, 0.5) is 4.79 Å². The number of ether oxygens (including phenoxy) is 1. The van der Waals surface area contributed by atoms with Gasteiger partial charge in [-0.1, -0.05) is 18.7 Å². The lowest BCUT2D eigenvalue weighted by Crippen LogP contribution is -2.70. The predicted molar refractivity (Wildman–Crippen MR) is 102 cm³/mol. The second kappa shape index (κ2) is 7.82. The maximum absolute atomic E-state index is 12.5. The molecule has 0 unspecified atom stereocenters. The van der Waals surface area contributed by atoms with E-state index in [0.29, 0.717) is 25.2 Å². The van der Waals surface area contributed by atoms with Gasteiger partial charge in [0.1, 0.15) is 5.60 Å². The number of carbonyl (C=O) groups excluding carboxylic acids is 3. The molecule has 1 heterocycles. The molecule has 3 amide bonds. The second-order valence-corrected chi connectivity index (χ2v) is 7.97. The van der Waals surface area contributed by atoms with E-state index < -0.39 is 11.1 Å². The molecular formula is C20H27N3O4. The maximum Gasteiger partial charge on any atom is 0.410 e. The summed E-state index contributed by atoms with van der Waals surface area (Å²) < 4.78 is 5.32. The lowest BCUT2D eigenvalue weighted by molar-refractivity contribution is -0.116. The number of rotatable bonds is 5. The summed E-state index contributed by atoms with van der Waals surface area (Å²) in [6.45, 7) is 11.9. The van der Waals surface area contributed by atoms with Crippen molar-refractivity contribution >= 4 is 17.9 Å². The van der Waals surface area contributed by atoms with Crippen LogP contribution in [0.3, 0.4) is 0 Å². The Labute approximate surface area is 159 Å². The van der Waals surface area contributed by atoms with Gasteiger partial charge in [-0.2, -0.15) is 0 Å². The van der Waals surface area contributed by atoms with Crippen LogP contribution in [0.2, 0.25) is 0 Å². The van der Waals surface area contributed by atoms with Gasteiger partial charge in [-0.3, -0.25) is 9.59 Å². The van der Waals surface area contributed by atoms with Crippen molar-refractivity contribution in [3.05, 3.63) is 48.0 Å². The van der Waals surface area contributed by atoms with E-state index in [-0.39, 0.29) is 17.9 Å². The quantitative estimate of drug-likeness (QED) is 0.775. The molecule has 0 aliphatic carbocycles. The van der Waals surface area contributed by atoms with Crippen molar-refractivity contribution in [3.63, 3.8) is 0 Å². The van der Waals surface area contributed by atoms with E-state index in [1.165, 1.54) is 6.08 Å². The first-order valence-corrected chi connectivity index (χ1v) is 8.81. The summed E-state index contributed by atoms with van der Waals surface area (Å²) in [5, 5.41) is 5.64. The van der Waals surface area contributed by atoms with E-state index in [1.807, 2.05) is 27.7 Å². The van der Waals surface area contributed by atoms with Crippen molar-refractivity contribution < 1.29 is 19.1 Å². The highest BCUT2D eigenvalue weighted by Crippen LogP contribution is 2.23. The van der Waals surface area contributed by atoms with Crippen molar-refractivity contribution in [2.24, 2.45) is 0 Å². The molecule has 2 N–H and O–H groups in total. The Morgan fingerprint density at radius 2 is 1.81 bits per heavy atom. The van der Waals surface area contributed by atoms with Gasteiger partial charge in [0.15, 0.2) is 0 Å². The molecule has 0 bridgehead atoms. The minimum atomic E-state index is -0.542. The number of carbonyl (C=O) groups is 3. The van der Waals surface area contributed by atoms with Crippen LogP contribution in [0, 0.1) is 0 Å². The van der Waals surface area contributed by atoms with Gasteiger partial charge >= 0.3 is 6.09 Å². The Kier molecular flexibility index (Phi) is 5.93. The zero-order chi connectivity index (χ0) is 20.2. The Balaban J connectivity index is 1.86. The number of hydrogen-bond acceptors (Lipinski definition) is 4. The zero-order valence-corrected chi connectivity index (χ0v) is 16.3. The molecule has 0 saturated carbocycles. The fraction of sp³-hybridized carbons (Fsp3) is 0.450. The number of likely N-dealkylation sites (tertiary alicyclic amines) is 1. The molecule has 1 aromatic carbocycles. The average molecular weight is 373 g/mol. The first kappa shape index (κ1) is 20.5. The average Bonchev–Trinajstić information content (AvgIpc) is 2.56. The SMILES string of the molecule is C=CC(=O)NCc1ccc(C(=O)NC2(C)CN(C(=O)OC(C)(C)C)C2)cc1. The molecule has 0 aromatic heterocycles. The summed E-state index contributed by atoms with van der Waals surface area (Å²) in [7, 11) is 0. The fourth-order valence-electron chi connectivity index (χ4n) is 2.71. The van der Waals surface area contributed by atoms with Gasteiger partial charge in [-0.15, -0.1) is 0 Å². The Bertz CT molecular complexity index is 729. The fourth-order valence-corrected chi connectivity index (χ4v) is 2.71. The van der Waals surface area contributed by atoms with Gasteiger partial charge in [0.05, 0.1) is 5.54 Å². The lowest BCUT2D eigenvalue weighted by atomic mass is 9.92. The standard InChI is InChI=1S/C20H27N3O4/c1-6-16(24)21-11-14-7-9-15(10-8-14)17(25)22-20(5)12-23(13-20)18(26)27-19(2,3)4/h6-10H,1,11-13H2,2-5H3,(H,21,24)(H,22,25). The number of nitrogens with zero attached hydrogens (tertiary/aromatic N) is 1. The summed E-state index contributed by atoms with van der Waals surface area (Å²) in [6, 6.07) is 6.99. The Hall–Kier alpha value is -2.83. The molecular weight excluding hydrogens is 346 g/mol. The second-order valence-electron chi connectivity index (χ2n) is 7.97. The van der Waals surface area contributed by atoms with Gasteiger partial charge in [0.2, 0.25) is 5.91 Å². The van der Waals surface area contributed by atoms with Crippen LogP contribution in [0.1, 0.15) is 43.6 Å². The highest BCUT2D eigenvalue weighted by Gasteiger charge is 2.44. The molecule has 0 spiro atoms. The minimum Gasteiger partial charge on any atom is -0.444 e. The van der Waals surface area contributed by atoms with Crippen molar-refractivity contribution in [2.45, 2.75) is 45.4 Å². The first-order chi connectivity index (χ1) is 12.5. The van der Waals surface area contributed by atoms with Crippen molar-refractivity contribution in [1.29, 1.82) is 0 Å². The highest BCUT2D eigenvalue weighted by atomic mass is 16.6. The zero-order valence-electron chi connectivity index (χ0n) is 16.3. The third kappa shape index (κ3) is 5.84. The van der Waals surface area contributed by atoms with Crippen molar-refractivity contribution in [2.75, 3.05) is 13.1 Å². The van der Waals surface area contributed by atoms with Crippen molar-refractivity contribution in [1.82, 2.24) is 15.5 Å². The predicted octanol–water partition coefficient (Wildman–Crippen LogP) is 2.23. The summed E-state index contributed by atoms with van der Waals surface area (Å²) in [4.78, 5) is 37.2. The third-order valence-corrected chi connectivity index (χ3v) is 4.01. The van der Waals surface area contributed by atoms with E-state index in [9.17, 15) is 14.4 Å². The van der Waals surface area contributed by atoms with Gasteiger partial charge in [0, 0.05) is 25.2 Å². The molecule has 27 heavy (non-hydrogen) atoms. The summed E-state index contributed by atoms with van der Waals surface area (Å²) in [5.41, 5.74) is 0.377. The molecule has 0 atom stereocenters. The van der Waals surface area contributed by atoms with Gasteiger partial charge in [0.25, 0.3) is 5.91 Å². The number of nitrogens with one attached hydrogen (secondary N) is 2. The van der Waals surface area contributed by atoms with Crippen LogP contribution in [0.5, 0.6) is 0 Å². The highest BCUT2D eigenvalue weighted by molar-refractivity contribution is 5.95. The molecule has 1 fully saturated rings. The third-order valence-electron chi connectivity index (χ3n) is 4.01. The van der Waals surface area contributed by atoms with Crippen molar-refractivity contribution in [3.8, 4) is 0 Å². The van der Waals surface area contributed by atoms with Gasteiger partial charge in [-0.05, 0) is 51.5 Å². The molecule has 1 aliphatic rings.